The zero-order valence-corrected chi connectivity index (χ0v) is 11.1. The molecule has 1 aliphatic rings. The fraction of sp³-hybridized carbons (Fsp3) is 0.250. The minimum Gasteiger partial charge on any atom is -0.497 e. The summed E-state index contributed by atoms with van der Waals surface area (Å²) in [5.41, 5.74) is 10.6. The molecule has 0 unspecified atom stereocenters. The van der Waals surface area contributed by atoms with Gasteiger partial charge in [0.2, 0.25) is 0 Å². The van der Waals surface area contributed by atoms with Gasteiger partial charge < -0.3 is 15.4 Å². The molecule has 0 atom stereocenters. The van der Waals surface area contributed by atoms with Crippen LogP contribution in [-0.2, 0) is 6.42 Å². The van der Waals surface area contributed by atoms with E-state index < -0.39 is 0 Å². The standard InChI is InChI=1S/C16H18N2O/c1-19-13-8-9-16(14(17)11-13)18-10-4-6-12-5-2-3-7-15(12)18/h2-3,5,7-9,11H,4,6,10,17H2,1H3. The lowest BCUT2D eigenvalue weighted by molar-refractivity contribution is 0.415. The van der Waals surface area contributed by atoms with Gasteiger partial charge in [-0.3, -0.25) is 0 Å². The largest absolute Gasteiger partial charge is 0.497 e. The van der Waals surface area contributed by atoms with E-state index in [1.807, 2.05) is 18.2 Å². The van der Waals surface area contributed by atoms with Crippen LogP contribution in [0.1, 0.15) is 12.0 Å². The van der Waals surface area contributed by atoms with E-state index in [9.17, 15) is 0 Å². The van der Waals surface area contributed by atoms with Gasteiger partial charge in [-0.15, -0.1) is 0 Å². The van der Waals surface area contributed by atoms with Crippen LogP contribution in [0.15, 0.2) is 42.5 Å². The number of fused-ring (bicyclic) bond motifs is 1. The summed E-state index contributed by atoms with van der Waals surface area (Å²) in [5.74, 6) is 0.798. The lowest BCUT2D eigenvalue weighted by Crippen LogP contribution is -2.25. The average Bonchev–Trinajstić information content (AvgIpc) is 2.46. The van der Waals surface area contributed by atoms with Gasteiger partial charge >= 0.3 is 0 Å². The van der Waals surface area contributed by atoms with E-state index in [1.165, 1.54) is 11.3 Å². The molecule has 2 aromatic carbocycles. The van der Waals surface area contributed by atoms with Crippen molar-refractivity contribution in [3.63, 3.8) is 0 Å². The molecule has 3 nitrogen and oxygen atoms in total. The van der Waals surface area contributed by atoms with Crippen LogP contribution in [0.4, 0.5) is 17.1 Å². The Balaban J connectivity index is 2.04. The van der Waals surface area contributed by atoms with Crippen LogP contribution in [0, 0.1) is 0 Å². The number of hydrogen-bond donors (Lipinski definition) is 1. The summed E-state index contributed by atoms with van der Waals surface area (Å²) in [6.45, 7) is 1.01. The van der Waals surface area contributed by atoms with Crippen molar-refractivity contribution in [3.8, 4) is 5.75 Å². The number of benzene rings is 2. The Labute approximate surface area is 113 Å². The van der Waals surface area contributed by atoms with Gasteiger partial charge in [0.05, 0.1) is 18.5 Å². The number of hydrogen-bond acceptors (Lipinski definition) is 3. The molecule has 0 aliphatic carbocycles. The molecule has 0 saturated heterocycles. The maximum absolute atomic E-state index is 6.16. The maximum Gasteiger partial charge on any atom is 0.121 e. The molecule has 0 fully saturated rings. The molecule has 0 spiro atoms. The van der Waals surface area contributed by atoms with Crippen LogP contribution in [0.5, 0.6) is 5.75 Å². The van der Waals surface area contributed by atoms with Crippen molar-refractivity contribution in [2.75, 3.05) is 24.3 Å². The van der Waals surface area contributed by atoms with Crippen molar-refractivity contribution in [2.45, 2.75) is 12.8 Å². The Morgan fingerprint density at radius 3 is 2.74 bits per heavy atom. The van der Waals surface area contributed by atoms with Crippen molar-refractivity contribution in [1.82, 2.24) is 0 Å². The van der Waals surface area contributed by atoms with Gasteiger partial charge in [0.1, 0.15) is 5.75 Å². The zero-order valence-electron chi connectivity index (χ0n) is 11.1. The third-order valence-corrected chi connectivity index (χ3v) is 3.64. The number of anilines is 3. The van der Waals surface area contributed by atoms with Crippen LogP contribution < -0.4 is 15.4 Å². The van der Waals surface area contributed by atoms with E-state index in [-0.39, 0.29) is 0 Å². The summed E-state index contributed by atoms with van der Waals surface area (Å²) in [4.78, 5) is 2.30. The van der Waals surface area contributed by atoms with E-state index in [1.54, 1.807) is 7.11 Å². The van der Waals surface area contributed by atoms with Crippen molar-refractivity contribution in [3.05, 3.63) is 48.0 Å². The average molecular weight is 254 g/mol. The van der Waals surface area contributed by atoms with Crippen LogP contribution in [-0.4, -0.2) is 13.7 Å². The molecule has 1 heterocycles. The topological polar surface area (TPSA) is 38.5 Å². The zero-order chi connectivity index (χ0) is 13.2. The Hall–Kier alpha value is -2.16. The van der Waals surface area contributed by atoms with E-state index in [2.05, 4.69) is 29.2 Å². The molecule has 1 aliphatic heterocycles. The molecular weight excluding hydrogens is 236 g/mol. The number of para-hydroxylation sites is 1. The molecule has 0 aromatic heterocycles. The van der Waals surface area contributed by atoms with E-state index in [0.29, 0.717) is 0 Å². The minimum atomic E-state index is 0.760. The Morgan fingerprint density at radius 2 is 1.95 bits per heavy atom. The van der Waals surface area contributed by atoms with Crippen LogP contribution in [0.3, 0.4) is 0 Å². The van der Waals surface area contributed by atoms with Crippen LogP contribution >= 0.6 is 0 Å². The van der Waals surface area contributed by atoms with Gasteiger partial charge in [-0.05, 0) is 36.6 Å². The smallest absolute Gasteiger partial charge is 0.121 e. The molecule has 3 heteroatoms. The van der Waals surface area contributed by atoms with Gasteiger partial charge in [-0.25, -0.2) is 0 Å². The van der Waals surface area contributed by atoms with Crippen LogP contribution in [0.25, 0.3) is 0 Å². The van der Waals surface area contributed by atoms with Crippen molar-refractivity contribution < 1.29 is 4.74 Å². The van der Waals surface area contributed by atoms with Gasteiger partial charge in [-0.1, -0.05) is 18.2 Å². The summed E-state index contributed by atoms with van der Waals surface area (Å²) in [6, 6.07) is 14.4. The lowest BCUT2D eigenvalue weighted by atomic mass is 10.0. The summed E-state index contributed by atoms with van der Waals surface area (Å²) >= 11 is 0. The quantitative estimate of drug-likeness (QED) is 0.835. The number of aryl methyl sites for hydroxylation is 1. The van der Waals surface area contributed by atoms with Gasteiger partial charge in [0.25, 0.3) is 0 Å². The second-order valence-corrected chi connectivity index (χ2v) is 4.81. The number of methoxy groups -OCH3 is 1. The Bertz CT molecular complexity index is 595. The third-order valence-electron chi connectivity index (χ3n) is 3.64. The fourth-order valence-electron chi connectivity index (χ4n) is 2.69. The highest BCUT2D eigenvalue weighted by atomic mass is 16.5. The number of rotatable bonds is 2. The van der Waals surface area contributed by atoms with E-state index in [4.69, 9.17) is 10.5 Å². The first-order valence-electron chi connectivity index (χ1n) is 6.58. The van der Waals surface area contributed by atoms with Crippen molar-refractivity contribution in [2.24, 2.45) is 0 Å². The first kappa shape index (κ1) is 11.9. The van der Waals surface area contributed by atoms with Crippen molar-refractivity contribution in [1.29, 1.82) is 0 Å². The molecule has 3 rings (SSSR count). The second-order valence-electron chi connectivity index (χ2n) is 4.81. The number of nitrogens with zero attached hydrogens (tertiary/aromatic N) is 1. The normalized spacial score (nSPS) is 14.1. The molecule has 0 amide bonds. The van der Waals surface area contributed by atoms with Crippen molar-refractivity contribution >= 4 is 17.1 Å². The SMILES string of the molecule is COc1ccc(N2CCCc3ccccc32)c(N)c1. The molecule has 98 valence electrons. The minimum absolute atomic E-state index is 0.760. The summed E-state index contributed by atoms with van der Waals surface area (Å²) in [5, 5.41) is 0. The predicted molar refractivity (Wildman–Crippen MR) is 79.2 cm³/mol. The highest BCUT2D eigenvalue weighted by Crippen LogP contribution is 2.37. The predicted octanol–water partition coefficient (Wildman–Crippen LogP) is 3.36. The third kappa shape index (κ3) is 2.12. The second kappa shape index (κ2) is 4.84. The van der Waals surface area contributed by atoms with Gasteiger partial charge in [0.15, 0.2) is 0 Å². The number of nitrogens with two attached hydrogens (primary N) is 1. The molecule has 2 N–H and O–H groups in total. The number of ether oxygens (including phenoxy) is 1. The summed E-state index contributed by atoms with van der Waals surface area (Å²) in [6.07, 6.45) is 2.30. The molecule has 0 bridgehead atoms. The summed E-state index contributed by atoms with van der Waals surface area (Å²) in [7, 11) is 1.66. The molecule has 2 aromatic rings. The fourth-order valence-corrected chi connectivity index (χ4v) is 2.69. The molecular formula is C16H18N2O. The monoisotopic (exact) mass is 254 g/mol. The lowest BCUT2D eigenvalue weighted by Gasteiger charge is -2.32. The maximum atomic E-state index is 6.16. The Kier molecular flexibility index (Phi) is 3.03. The van der Waals surface area contributed by atoms with E-state index in [0.717, 1.165) is 36.5 Å². The molecule has 19 heavy (non-hydrogen) atoms. The molecule has 0 radical (unpaired) electrons. The first-order valence-corrected chi connectivity index (χ1v) is 6.58. The highest BCUT2D eigenvalue weighted by Gasteiger charge is 2.19. The van der Waals surface area contributed by atoms with Crippen LogP contribution in [0.2, 0.25) is 0 Å². The van der Waals surface area contributed by atoms with Gasteiger partial charge in [0, 0.05) is 18.3 Å². The number of nitrogen functional groups attached to an aromatic ring is 1. The highest BCUT2D eigenvalue weighted by molar-refractivity contribution is 5.78. The van der Waals surface area contributed by atoms with E-state index >= 15 is 0 Å². The van der Waals surface area contributed by atoms with Gasteiger partial charge in [-0.2, -0.15) is 0 Å². The Morgan fingerprint density at radius 1 is 1.11 bits per heavy atom. The summed E-state index contributed by atoms with van der Waals surface area (Å²) < 4.78 is 5.21. The first-order chi connectivity index (χ1) is 9.29. The molecule has 0 saturated carbocycles.